The molecule has 0 amide bonds. The molecule has 0 heterocycles. The summed E-state index contributed by atoms with van der Waals surface area (Å²) in [7, 11) is 0. The average molecular weight is 258 g/mol. The van der Waals surface area contributed by atoms with Crippen LogP contribution in [0.15, 0.2) is 18.2 Å². The van der Waals surface area contributed by atoms with Gasteiger partial charge in [0.2, 0.25) is 0 Å². The highest BCUT2D eigenvalue weighted by atomic mass is 19.1. The van der Waals surface area contributed by atoms with Gasteiger partial charge in [0.15, 0.2) is 17.9 Å². The summed E-state index contributed by atoms with van der Waals surface area (Å²) in [5.74, 6) is -0.384. The molecule has 0 fully saturated rings. The summed E-state index contributed by atoms with van der Waals surface area (Å²) in [6.45, 7) is 4.62. The van der Waals surface area contributed by atoms with Gasteiger partial charge in [-0.1, -0.05) is 6.07 Å². The van der Waals surface area contributed by atoms with Gasteiger partial charge in [-0.05, 0) is 31.5 Å². The fourth-order valence-corrected chi connectivity index (χ4v) is 1.43. The number of benzene rings is 1. The molecule has 102 valence electrons. The second-order valence-electron chi connectivity index (χ2n) is 3.57. The predicted octanol–water partition coefficient (Wildman–Crippen LogP) is 2.10. The third kappa shape index (κ3) is 4.60. The van der Waals surface area contributed by atoms with E-state index in [0.29, 0.717) is 18.8 Å². The largest absolute Gasteiger partial charge is 0.485 e. The lowest BCUT2D eigenvalue weighted by molar-refractivity contribution is -0.152. The van der Waals surface area contributed by atoms with Crippen LogP contribution in [0, 0.1) is 5.82 Å². The Labute approximate surface area is 106 Å². The van der Waals surface area contributed by atoms with Crippen LogP contribution in [0.5, 0.6) is 5.75 Å². The van der Waals surface area contributed by atoms with Gasteiger partial charge in [0, 0.05) is 13.2 Å². The molecule has 0 radical (unpaired) electrons. The highest BCUT2D eigenvalue weighted by molar-refractivity contribution is 5.28. The lowest BCUT2D eigenvalue weighted by Gasteiger charge is -2.17. The first-order chi connectivity index (χ1) is 8.71. The molecule has 0 saturated heterocycles. The molecular formula is C13H19FO4. The van der Waals surface area contributed by atoms with Crippen molar-refractivity contribution in [2.24, 2.45) is 0 Å². The third-order valence-electron chi connectivity index (χ3n) is 2.26. The highest BCUT2D eigenvalue weighted by Crippen LogP contribution is 2.18. The van der Waals surface area contributed by atoms with Gasteiger partial charge in [-0.25, -0.2) is 4.39 Å². The summed E-state index contributed by atoms with van der Waals surface area (Å²) in [4.78, 5) is 0. The van der Waals surface area contributed by atoms with Crippen molar-refractivity contribution in [1.29, 1.82) is 0 Å². The molecule has 0 aliphatic rings. The molecule has 0 bridgehead atoms. The number of hydrogen-bond donors (Lipinski definition) is 1. The molecule has 0 saturated carbocycles. The maximum absolute atomic E-state index is 13.5. The van der Waals surface area contributed by atoms with Crippen molar-refractivity contribution in [1.82, 2.24) is 0 Å². The zero-order valence-corrected chi connectivity index (χ0v) is 10.7. The molecule has 1 aromatic rings. The molecule has 0 atom stereocenters. The second kappa shape index (κ2) is 8.02. The SMILES string of the molecule is CCOC(COc1ccc(CO)cc1F)OCC. The summed E-state index contributed by atoms with van der Waals surface area (Å²) in [5.41, 5.74) is 0.506. The average Bonchev–Trinajstić information content (AvgIpc) is 2.37. The zero-order valence-electron chi connectivity index (χ0n) is 10.7. The van der Waals surface area contributed by atoms with Crippen molar-refractivity contribution >= 4 is 0 Å². The first-order valence-corrected chi connectivity index (χ1v) is 5.96. The number of hydrogen-bond acceptors (Lipinski definition) is 4. The minimum atomic E-state index is -0.506. The van der Waals surface area contributed by atoms with Crippen LogP contribution in [0.3, 0.4) is 0 Å². The van der Waals surface area contributed by atoms with E-state index in [4.69, 9.17) is 19.3 Å². The number of halogens is 1. The van der Waals surface area contributed by atoms with E-state index >= 15 is 0 Å². The molecule has 5 heteroatoms. The Bertz CT molecular complexity index is 351. The standard InChI is InChI=1S/C13H19FO4/c1-3-16-13(17-4-2)9-18-12-6-5-10(8-15)7-11(12)14/h5-7,13,15H,3-4,8-9H2,1-2H3. The van der Waals surface area contributed by atoms with Gasteiger partial charge in [-0.15, -0.1) is 0 Å². The van der Waals surface area contributed by atoms with Crippen LogP contribution in [-0.2, 0) is 16.1 Å². The quantitative estimate of drug-likeness (QED) is 0.725. The summed E-state index contributed by atoms with van der Waals surface area (Å²) in [6, 6.07) is 4.33. The van der Waals surface area contributed by atoms with Crippen LogP contribution in [0.1, 0.15) is 19.4 Å². The van der Waals surface area contributed by atoms with Gasteiger partial charge in [-0.2, -0.15) is 0 Å². The van der Waals surface area contributed by atoms with E-state index in [1.807, 2.05) is 13.8 Å². The van der Waals surface area contributed by atoms with Crippen LogP contribution >= 0.6 is 0 Å². The summed E-state index contributed by atoms with van der Waals surface area (Å²) in [5, 5.41) is 8.86. The second-order valence-corrected chi connectivity index (χ2v) is 3.57. The van der Waals surface area contributed by atoms with Crippen molar-refractivity contribution < 1.29 is 23.7 Å². The maximum atomic E-state index is 13.5. The van der Waals surface area contributed by atoms with Crippen molar-refractivity contribution in [3.05, 3.63) is 29.6 Å². The van der Waals surface area contributed by atoms with Crippen molar-refractivity contribution in [2.45, 2.75) is 26.7 Å². The Hall–Kier alpha value is -1.17. The Morgan fingerprint density at radius 1 is 1.22 bits per heavy atom. The molecule has 0 spiro atoms. The summed E-state index contributed by atoms with van der Waals surface area (Å²) >= 11 is 0. The number of aliphatic hydroxyl groups excluding tert-OH is 1. The van der Waals surface area contributed by atoms with Gasteiger partial charge in [0.05, 0.1) is 6.61 Å². The van der Waals surface area contributed by atoms with E-state index in [1.54, 1.807) is 6.07 Å². The molecule has 0 aromatic heterocycles. The number of aliphatic hydroxyl groups is 1. The minimum Gasteiger partial charge on any atom is -0.485 e. The lowest BCUT2D eigenvalue weighted by Crippen LogP contribution is -2.25. The van der Waals surface area contributed by atoms with E-state index in [0.717, 1.165) is 0 Å². The van der Waals surface area contributed by atoms with Gasteiger partial charge < -0.3 is 19.3 Å². The van der Waals surface area contributed by atoms with E-state index in [2.05, 4.69) is 0 Å². The normalized spacial score (nSPS) is 10.9. The monoisotopic (exact) mass is 258 g/mol. The van der Waals surface area contributed by atoms with E-state index in [9.17, 15) is 4.39 Å². The lowest BCUT2D eigenvalue weighted by atomic mass is 10.2. The molecule has 1 rings (SSSR count). The van der Waals surface area contributed by atoms with E-state index in [1.165, 1.54) is 12.1 Å². The van der Waals surface area contributed by atoms with Crippen LogP contribution < -0.4 is 4.74 Å². The molecule has 0 aliphatic carbocycles. The zero-order chi connectivity index (χ0) is 13.4. The van der Waals surface area contributed by atoms with Gasteiger partial charge >= 0.3 is 0 Å². The van der Waals surface area contributed by atoms with Crippen molar-refractivity contribution in [3.63, 3.8) is 0 Å². The fourth-order valence-electron chi connectivity index (χ4n) is 1.43. The number of ether oxygens (including phenoxy) is 3. The molecule has 0 aliphatic heterocycles. The first kappa shape index (κ1) is 14.9. The minimum absolute atomic E-state index is 0.122. The van der Waals surface area contributed by atoms with Gasteiger partial charge in [-0.3, -0.25) is 0 Å². The van der Waals surface area contributed by atoms with E-state index < -0.39 is 12.1 Å². The Balaban J connectivity index is 2.55. The molecule has 18 heavy (non-hydrogen) atoms. The Kier molecular flexibility index (Phi) is 6.64. The summed E-state index contributed by atoms with van der Waals surface area (Å²) in [6.07, 6.45) is -0.503. The smallest absolute Gasteiger partial charge is 0.191 e. The molecule has 1 aromatic carbocycles. The molecular weight excluding hydrogens is 239 g/mol. The number of rotatable bonds is 8. The third-order valence-corrected chi connectivity index (χ3v) is 2.26. The van der Waals surface area contributed by atoms with Crippen LogP contribution in [0.4, 0.5) is 4.39 Å². The van der Waals surface area contributed by atoms with Crippen LogP contribution in [-0.4, -0.2) is 31.2 Å². The van der Waals surface area contributed by atoms with Crippen molar-refractivity contribution in [2.75, 3.05) is 19.8 Å². The fraction of sp³-hybridized carbons (Fsp3) is 0.538. The van der Waals surface area contributed by atoms with E-state index in [-0.39, 0.29) is 19.0 Å². The Morgan fingerprint density at radius 2 is 1.89 bits per heavy atom. The Morgan fingerprint density at radius 3 is 2.39 bits per heavy atom. The summed E-state index contributed by atoms with van der Waals surface area (Å²) < 4.78 is 29.4. The molecule has 1 N–H and O–H groups in total. The van der Waals surface area contributed by atoms with Crippen LogP contribution in [0.25, 0.3) is 0 Å². The first-order valence-electron chi connectivity index (χ1n) is 5.96. The van der Waals surface area contributed by atoms with Gasteiger partial charge in [0.25, 0.3) is 0 Å². The maximum Gasteiger partial charge on any atom is 0.191 e. The van der Waals surface area contributed by atoms with Crippen LogP contribution in [0.2, 0.25) is 0 Å². The topological polar surface area (TPSA) is 47.9 Å². The predicted molar refractivity (Wildman–Crippen MR) is 64.9 cm³/mol. The molecule has 0 unspecified atom stereocenters. The van der Waals surface area contributed by atoms with Crippen molar-refractivity contribution in [3.8, 4) is 5.75 Å². The highest BCUT2D eigenvalue weighted by Gasteiger charge is 2.11. The molecule has 4 nitrogen and oxygen atoms in total. The van der Waals surface area contributed by atoms with Gasteiger partial charge in [0.1, 0.15) is 6.61 Å².